The Morgan fingerprint density at radius 1 is 0.935 bits per heavy atom. The number of anilines is 2. The van der Waals surface area contributed by atoms with E-state index in [1.165, 1.54) is 0 Å². The van der Waals surface area contributed by atoms with Crippen LogP contribution in [0.4, 0.5) is 16.2 Å². The Bertz CT molecular complexity index is 1090. The second-order valence-electron chi connectivity index (χ2n) is 8.01. The third kappa shape index (κ3) is 4.77. The van der Waals surface area contributed by atoms with E-state index in [1.54, 1.807) is 4.90 Å². The molecule has 1 aliphatic rings. The Morgan fingerprint density at radius 2 is 1.68 bits per heavy atom. The van der Waals surface area contributed by atoms with E-state index in [-0.39, 0.29) is 11.9 Å². The van der Waals surface area contributed by atoms with E-state index in [4.69, 9.17) is 0 Å². The van der Waals surface area contributed by atoms with E-state index in [0.29, 0.717) is 18.7 Å². The zero-order chi connectivity index (χ0) is 21.8. The van der Waals surface area contributed by atoms with Gasteiger partial charge in [-0.05, 0) is 60.7 Å². The number of benzene rings is 3. The van der Waals surface area contributed by atoms with Crippen LogP contribution in [0.3, 0.4) is 0 Å². The molecular formula is C26H27N3O2. The van der Waals surface area contributed by atoms with Crippen molar-refractivity contribution in [3.8, 4) is 0 Å². The molecule has 0 saturated heterocycles. The number of para-hydroxylation sites is 1. The monoisotopic (exact) mass is 413 g/mol. The standard InChI is InChI=1S/C26H27N3O2/c1-18-12-13-22(16-19(18)2)27-26(31)28-23(17-20-8-4-3-5-9-20)25(30)29-15-14-21-10-6-7-11-24(21)29/h3-13,16,23H,14-15,17H2,1-2H3,(H2,27,28,31)/t23-/m1/s1. The number of carbonyl (C=O) groups is 2. The van der Waals surface area contributed by atoms with Crippen LogP contribution >= 0.6 is 0 Å². The van der Waals surface area contributed by atoms with Gasteiger partial charge in [-0.2, -0.15) is 0 Å². The fourth-order valence-electron chi connectivity index (χ4n) is 3.95. The van der Waals surface area contributed by atoms with Gasteiger partial charge in [-0.3, -0.25) is 4.79 Å². The van der Waals surface area contributed by atoms with Crippen LogP contribution in [0.2, 0.25) is 0 Å². The second kappa shape index (κ2) is 9.04. The van der Waals surface area contributed by atoms with E-state index in [1.807, 2.05) is 80.6 Å². The highest BCUT2D eigenvalue weighted by Crippen LogP contribution is 2.28. The van der Waals surface area contributed by atoms with E-state index >= 15 is 0 Å². The maximum Gasteiger partial charge on any atom is 0.319 e. The number of hydrogen-bond acceptors (Lipinski definition) is 2. The van der Waals surface area contributed by atoms with Gasteiger partial charge in [0.05, 0.1) is 0 Å². The van der Waals surface area contributed by atoms with Gasteiger partial charge < -0.3 is 15.5 Å². The lowest BCUT2D eigenvalue weighted by atomic mass is 10.0. The molecule has 5 heteroatoms. The molecule has 158 valence electrons. The molecule has 0 saturated carbocycles. The van der Waals surface area contributed by atoms with Crippen molar-refractivity contribution in [2.24, 2.45) is 0 Å². The molecule has 0 radical (unpaired) electrons. The molecule has 3 amide bonds. The zero-order valence-corrected chi connectivity index (χ0v) is 17.9. The fourth-order valence-corrected chi connectivity index (χ4v) is 3.95. The van der Waals surface area contributed by atoms with E-state index in [9.17, 15) is 9.59 Å². The smallest absolute Gasteiger partial charge is 0.319 e. The Kier molecular flexibility index (Phi) is 6.03. The van der Waals surface area contributed by atoms with E-state index in [2.05, 4.69) is 16.7 Å². The fraction of sp³-hybridized carbons (Fsp3) is 0.231. The molecule has 2 N–H and O–H groups in total. The Labute approximate surface area is 183 Å². The lowest BCUT2D eigenvalue weighted by molar-refractivity contribution is -0.120. The first-order chi connectivity index (χ1) is 15.0. The molecule has 0 bridgehead atoms. The van der Waals surface area contributed by atoms with Crippen LogP contribution in [-0.2, 0) is 17.6 Å². The predicted molar refractivity (Wildman–Crippen MR) is 125 cm³/mol. The van der Waals surface area contributed by atoms with Crippen molar-refractivity contribution in [1.82, 2.24) is 5.32 Å². The molecule has 0 aromatic heterocycles. The molecular weight excluding hydrogens is 386 g/mol. The first-order valence-corrected chi connectivity index (χ1v) is 10.6. The molecule has 4 rings (SSSR count). The summed E-state index contributed by atoms with van der Waals surface area (Å²) in [6.45, 7) is 4.66. The Morgan fingerprint density at radius 3 is 2.45 bits per heavy atom. The number of nitrogens with zero attached hydrogens (tertiary/aromatic N) is 1. The maximum absolute atomic E-state index is 13.5. The van der Waals surface area contributed by atoms with Crippen molar-refractivity contribution in [1.29, 1.82) is 0 Å². The summed E-state index contributed by atoms with van der Waals surface area (Å²) in [6, 6.07) is 22.4. The summed E-state index contributed by atoms with van der Waals surface area (Å²) in [5.74, 6) is -0.0935. The number of rotatable bonds is 5. The summed E-state index contributed by atoms with van der Waals surface area (Å²) in [7, 11) is 0. The lowest BCUT2D eigenvalue weighted by Gasteiger charge is -2.25. The minimum Gasteiger partial charge on any atom is -0.326 e. The topological polar surface area (TPSA) is 61.4 Å². The molecule has 1 heterocycles. The van der Waals surface area contributed by atoms with Crippen molar-refractivity contribution in [2.45, 2.75) is 32.7 Å². The molecule has 0 spiro atoms. The van der Waals surface area contributed by atoms with Gasteiger partial charge in [0.1, 0.15) is 6.04 Å². The average Bonchev–Trinajstić information content (AvgIpc) is 3.20. The molecule has 0 unspecified atom stereocenters. The third-order valence-electron chi connectivity index (χ3n) is 5.80. The molecule has 0 fully saturated rings. The number of amides is 3. The highest BCUT2D eigenvalue weighted by molar-refractivity contribution is 6.02. The number of nitrogens with one attached hydrogen (secondary N) is 2. The average molecular weight is 414 g/mol. The van der Waals surface area contributed by atoms with Gasteiger partial charge >= 0.3 is 6.03 Å². The number of urea groups is 1. The number of hydrogen-bond donors (Lipinski definition) is 2. The molecule has 1 aliphatic heterocycles. The summed E-state index contributed by atoms with van der Waals surface area (Å²) in [5, 5.41) is 5.78. The first kappa shape index (κ1) is 20.7. The van der Waals surface area contributed by atoms with Crippen molar-refractivity contribution >= 4 is 23.3 Å². The van der Waals surface area contributed by atoms with Gasteiger partial charge in [0.25, 0.3) is 0 Å². The van der Waals surface area contributed by atoms with Crippen LogP contribution in [0.25, 0.3) is 0 Å². The Hall–Kier alpha value is -3.60. The van der Waals surface area contributed by atoms with Gasteiger partial charge in [0, 0.05) is 24.3 Å². The second-order valence-corrected chi connectivity index (χ2v) is 8.01. The quantitative estimate of drug-likeness (QED) is 0.641. The van der Waals surface area contributed by atoms with Crippen molar-refractivity contribution in [3.63, 3.8) is 0 Å². The summed E-state index contributed by atoms with van der Waals surface area (Å²) in [5.41, 5.74) is 6.06. The van der Waals surface area contributed by atoms with E-state index < -0.39 is 6.04 Å². The van der Waals surface area contributed by atoms with E-state index in [0.717, 1.165) is 34.4 Å². The third-order valence-corrected chi connectivity index (χ3v) is 5.80. The van der Waals surface area contributed by atoms with Crippen LogP contribution in [0.1, 0.15) is 22.3 Å². The number of carbonyl (C=O) groups excluding carboxylic acids is 2. The molecule has 3 aromatic rings. The normalized spacial score (nSPS) is 13.4. The van der Waals surface area contributed by atoms with Crippen LogP contribution in [0.15, 0.2) is 72.8 Å². The lowest BCUT2D eigenvalue weighted by Crippen LogP contribution is -2.50. The van der Waals surface area contributed by atoms with Gasteiger partial charge in [0.2, 0.25) is 5.91 Å². The molecule has 1 atom stereocenters. The van der Waals surface area contributed by atoms with Gasteiger partial charge in [-0.25, -0.2) is 4.79 Å². The summed E-state index contributed by atoms with van der Waals surface area (Å²) in [4.78, 5) is 28.1. The molecule has 5 nitrogen and oxygen atoms in total. The number of aryl methyl sites for hydroxylation is 2. The SMILES string of the molecule is Cc1ccc(NC(=O)N[C@H](Cc2ccccc2)C(=O)N2CCc3ccccc32)cc1C. The summed E-state index contributed by atoms with van der Waals surface area (Å²) in [6.07, 6.45) is 1.26. The van der Waals surface area contributed by atoms with Crippen LogP contribution in [-0.4, -0.2) is 24.5 Å². The van der Waals surface area contributed by atoms with Crippen molar-refractivity contribution in [2.75, 3.05) is 16.8 Å². The van der Waals surface area contributed by atoms with Crippen LogP contribution in [0, 0.1) is 13.8 Å². The minimum absolute atomic E-state index is 0.0935. The first-order valence-electron chi connectivity index (χ1n) is 10.6. The maximum atomic E-state index is 13.5. The van der Waals surface area contributed by atoms with Gasteiger partial charge in [-0.15, -0.1) is 0 Å². The van der Waals surface area contributed by atoms with Crippen molar-refractivity contribution < 1.29 is 9.59 Å². The number of fused-ring (bicyclic) bond motifs is 1. The highest BCUT2D eigenvalue weighted by atomic mass is 16.2. The molecule has 31 heavy (non-hydrogen) atoms. The summed E-state index contributed by atoms with van der Waals surface area (Å²) >= 11 is 0. The molecule has 0 aliphatic carbocycles. The summed E-state index contributed by atoms with van der Waals surface area (Å²) < 4.78 is 0. The van der Waals surface area contributed by atoms with Crippen molar-refractivity contribution in [3.05, 3.63) is 95.1 Å². The molecule has 3 aromatic carbocycles. The van der Waals surface area contributed by atoms with Crippen LogP contribution < -0.4 is 15.5 Å². The predicted octanol–water partition coefficient (Wildman–Crippen LogP) is 4.63. The highest BCUT2D eigenvalue weighted by Gasteiger charge is 2.31. The zero-order valence-electron chi connectivity index (χ0n) is 17.9. The minimum atomic E-state index is -0.667. The van der Waals surface area contributed by atoms with Gasteiger partial charge in [-0.1, -0.05) is 54.6 Å². The largest absolute Gasteiger partial charge is 0.326 e. The van der Waals surface area contributed by atoms with Gasteiger partial charge in [0.15, 0.2) is 0 Å². The Balaban J connectivity index is 1.53. The van der Waals surface area contributed by atoms with Crippen LogP contribution in [0.5, 0.6) is 0 Å².